The van der Waals surface area contributed by atoms with Gasteiger partial charge in [0.25, 0.3) is 11.5 Å². The van der Waals surface area contributed by atoms with E-state index >= 15 is 0 Å². The summed E-state index contributed by atoms with van der Waals surface area (Å²) in [5.41, 5.74) is -3.93. The highest BCUT2D eigenvalue weighted by molar-refractivity contribution is 5.88. The van der Waals surface area contributed by atoms with Crippen LogP contribution in [0.5, 0.6) is 0 Å². The molecule has 1 aromatic rings. The van der Waals surface area contributed by atoms with Gasteiger partial charge in [-0.1, -0.05) is 30.3 Å². The van der Waals surface area contributed by atoms with Crippen molar-refractivity contribution in [2.45, 2.75) is 17.8 Å². The smallest absolute Gasteiger partial charge is 0.369 e. The van der Waals surface area contributed by atoms with Crippen molar-refractivity contribution in [2.75, 3.05) is 20.1 Å². The molecule has 120 valence electrons. The predicted octanol–water partition coefficient (Wildman–Crippen LogP) is 1.11. The molecule has 3 atom stereocenters. The number of hydrogen-bond donors (Lipinski definition) is 2. The Morgan fingerprint density at radius 1 is 1.23 bits per heavy atom. The highest BCUT2D eigenvalue weighted by atomic mass is 19.4. The molecule has 0 bridgehead atoms. The predicted molar refractivity (Wildman–Crippen MR) is 72.8 cm³/mol. The van der Waals surface area contributed by atoms with Crippen LogP contribution in [0, 0.1) is 11.8 Å². The van der Waals surface area contributed by atoms with Gasteiger partial charge in [-0.3, -0.25) is 4.79 Å². The van der Waals surface area contributed by atoms with Crippen molar-refractivity contribution in [2.24, 2.45) is 11.8 Å². The number of carbonyl (C=O) groups excluding carboxylic acids is 1. The summed E-state index contributed by atoms with van der Waals surface area (Å²) in [5.74, 6) is -0.919. The van der Waals surface area contributed by atoms with Crippen LogP contribution in [0.1, 0.15) is 5.56 Å². The minimum atomic E-state index is -5.07. The van der Waals surface area contributed by atoms with Crippen molar-refractivity contribution in [3.63, 3.8) is 0 Å². The van der Waals surface area contributed by atoms with Gasteiger partial charge in [-0.15, -0.1) is 0 Å². The van der Waals surface area contributed by atoms with E-state index in [1.807, 2.05) is 0 Å². The highest BCUT2D eigenvalue weighted by Gasteiger charge is 2.65. The molecule has 0 spiro atoms. The maximum absolute atomic E-state index is 13.4. The zero-order chi connectivity index (χ0) is 16.1. The van der Waals surface area contributed by atoms with E-state index in [1.165, 1.54) is 18.2 Å². The molecule has 0 aromatic heterocycles. The molecule has 1 aliphatic carbocycles. The summed E-state index contributed by atoms with van der Waals surface area (Å²) in [7, 11) is 1.80. The third-order valence-corrected chi connectivity index (χ3v) is 4.73. The second-order valence-electron chi connectivity index (χ2n) is 5.93. The molecule has 1 saturated heterocycles. The Balaban J connectivity index is 1.87. The quantitative estimate of drug-likeness (QED) is 0.879. The van der Waals surface area contributed by atoms with Gasteiger partial charge in [0, 0.05) is 24.7 Å². The number of fused-ring (bicyclic) bond motifs is 1. The molecule has 3 unspecified atom stereocenters. The van der Waals surface area contributed by atoms with Crippen molar-refractivity contribution in [1.29, 1.82) is 0 Å². The van der Waals surface area contributed by atoms with E-state index in [4.69, 9.17) is 0 Å². The molecule has 2 N–H and O–H groups in total. The number of hydrogen-bond acceptors (Lipinski definition) is 3. The second-order valence-corrected chi connectivity index (χ2v) is 5.93. The Morgan fingerprint density at radius 2 is 1.77 bits per heavy atom. The van der Waals surface area contributed by atoms with Gasteiger partial charge in [-0.25, -0.2) is 0 Å². The number of benzene rings is 1. The van der Waals surface area contributed by atoms with Gasteiger partial charge in [-0.2, -0.15) is 13.2 Å². The number of nitrogens with zero attached hydrogens (tertiary/aromatic N) is 1. The maximum atomic E-state index is 13.4. The zero-order valence-electron chi connectivity index (χ0n) is 12.0. The summed E-state index contributed by atoms with van der Waals surface area (Å²) >= 11 is 0. The largest absolute Gasteiger partial charge is 0.430 e. The number of carbonyl (C=O) groups is 1. The minimum Gasteiger partial charge on any atom is -0.369 e. The van der Waals surface area contributed by atoms with Crippen LogP contribution in [-0.2, 0) is 10.4 Å². The number of halogens is 3. The van der Waals surface area contributed by atoms with E-state index in [0.29, 0.717) is 0 Å². The number of rotatable bonds is 3. The lowest BCUT2D eigenvalue weighted by atomic mass is 9.91. The Labute approximate surface area is 125 Å². The molecule has 2 aliphatic rings. The lowest BCUT2D eigenvalue weighted by Gasteiger charge is -2.34. The molecular formula is C15H17F3N2O2. The van der Waals surface area contributed by atoms with Gasteiger partial charge >= 0.3 is 6.18 Å². The van der Waals surface area contributed by atoms with Crippen LogP contribution in [0.4, 0.5) is 13.2 Å². The fourth-order valence-electron chi connectivity index (χ4n) is 3.44. The molecule has 3 rings (SSSR count). The molecule has 1 amide bonds. The summed E-state index contributed by atoms with van der Waals surface area (Å²) in [5, 5.41) is 13.3. The zero-order valence-corrected chi connectivity index (χ0v) is 12.0. The summed E-state index contributed by atoms with van der Waals surface area (Å²) < 4.78 is 40.3. The Kier molecular flexibility index (Phi) is 3.45. The van der Waals surface area contributed by atoms with Gasteiger partial charge in [0.1, 0.15) is 0 Å². The van der Waals surface area contributed by atoms with Gasteiger partial charge in [0.2, 0.25) is 0 Å². The molecule has 4 nitrogen and oxygen atoms in total. The second kappa shape index (κ2) is 4.96. The van der Waals surface area contributed by atoms with Gasteiger partial charge in [0.05, 0.1) is 0 Å². The number of nitrogens with one attached hydrogen (secondary N) is 1. The molecular weight excluding hydrogens is 297 g/mol. The average Bonchev–Trinajstić information content (AvgIpc) is 2.96. The standard InChI is InChI=1S/C15H17F3N2O2/c1-19-12-10-7-20(8-11(10)12)13(21)14(22,15(16,17)18)9-5-3-2-4-6-9/h2-6,10-12,19,22H,7-8H2,1H3. The fourth-order valence-corrected chi connectivity index (χ4v) is 3.44. The van der Waals surface area contributed by atoms with Gasteiger partial charge in [0.15, 0.2) is 0 Å². The summed E-state index contributed by atoms with van der Waals surface area (Å²) in [6, 6.07) is 6.79. The summed E-state index contributed by atoms with van der Waals surface area (Å²) in [6.45, 7) is 0.500. The molecule has 1 aromatic carbocycles. The van der Waals surface area contributed by atoms with E-state index in [-0.39, 0.29) is 31.0 Å². The van der Waals surface area contributed by atoms with Crippen molar-refractivity contribution in [3.05, 3.63) is 35.9 Å². The summed E-state index contributed by atoms with van der Waals surface area (Å²) in [4.78, 5) is 13.5. The highest BCUT2D eigenvalue weighted by Crippen LogP contribution is 2.48. The van der Waals surface area contributed by atoms with Crippen LogP contribution >= 0.6 is 0 Å². The van der Waals surface area contributed by atoms with Gasteiger partial charge in [-0.05, 0) is 18.9 Å². The third-order valence-electron chi connectivity index (χ3n) is 4.73. The molecule has 2 fully saturated rings. The minimum absolute atomic E-state index is 0.183. The van der Waals surface area contributed by atoms with Crippen LogP contribution in [0.3, 0.4) is 0 Å². The first-order valence-corrected chi connectivity index (χ1v) is 7.12. The van der Waals surface area contributed by atoms with Crippen molar-refractivity contribution in [1.82, 2.24) is 10.2 Å². The topological polar surface area (TPSA) is 52.6 Å². The van der Waals surface area contributed by atoms with Gasteiger partial charge < -0.3 is 15.3 Å². The van der Waals surface area contributed by atoms with Crippen LogP contribution in [0.15, 0.2) is 30.3 Å². The number of piperidine rings is 1. The van der Waals surface area contributed by atoms with Crippen molar-refractivity contribution >= 4 is 5.91 Å². The Bertz CT molecular complexity index is 566. The first-order chi connectivity index (χ1) is 10.3. The molecule has 0 radical (unpaired) electrons. The Morgan fingerprint density at radius 3 is 2.23 bits per heavy atom. The normalized spacial score (nSPS) is 29.9. The third kappa shape index (κ3) is 2.11. The number of alkyl halides is 3. The van der Waals surface area contributed by atoms with E-state index < -0.39 is 23.2 Å². The first-order valence-electron chi connectivity index (χ1n) is 7.12. The van der Waals surface area contributed by atoms with Crippen LogP contribution in [0.25, 0.3) is 0 Å². The molecule has 7 heteroatoms. The van der Waals surface area contributed by atoms with Crippen LogP contribution < -0.4 is 5.32 Å². The van der Waals surface area contributed by atoms with E-state index in [0.717, 1.165) is 17.0 Å². The van der Waals surface area contributed by atoms with Crippen LogP contribution in [-0.4, -0.2) is 48.3 Å². The summed E-state index contributed by atoms with van der Waals surface area (Å²) in [6.07, 6.45) is -5.07. The monoisotopic (exact) mass is 314 g/mol. The van der Waals surface area contributed by atoms with Crippen LogP contribution in [0.2, 0.25) is 0 Å². The molecule has 1 saturated carbocycles. The number of amides is 1. The lowest BCUT2D eigenvalue weighted by Crippen LogP contribution is -2.56. The van der Waals surface area contributed by atoms with Crippen molar-refractivity contribution < 1.29 is 23.1 Å². The number of aliphatic hydroxyl groups is 1. The molecule has 1 aliphatic heterocycles. The van der Waals surface area contributed by atoms with E-state index in [1.54, 1.807) is 7.05 Å². The van der Waals surface area contributed by atoms with E-state index in [9.17, 15) is 23.1 Å². The SMILES string of the molecule is CNC1C2CN(C(=O)C(O)(c3ccccc3)C(F)(F)F)CC21. The molecule has 1 heterocycles. The first kappa shape index (κ1) is 15.3. The Hall–Kier alpha value is -1.60. The van der Waals surface area contributed by atoms with E-state index in [2.05, 4.69) is 5.32 Å². The lowest BCUT2D eigenvalue weighted by molar-refractivity contribution is -0.261. The number of likely N-dealkylation sites (tertiary alicyclic amines) is 1. The fraction of sp³-hybridized carbons (Fsp3) is 0.533. The maximum Gasteiger partial charge on any atom is 0.430 e. The molecule has 22 heavy (non-hydrogen) atoms. The van der Waals surface area contributed by atoms with Crippen molar-refractivity contribution in [3.8, 4) is 0 Å². The average molecular weight is 314 g/mol.